The molecule has 9 heteroatoms. The van der Waals surface area contributed by atoms with Crippen LogP contribution in [0.25, 0.3) is 0 Å². The van der Waals surface area contributed by atoms with Crippen molar-refractivity contribution in [2.24, 2.45) is 5.73 Å². The van der Waals surface area contributed by atoms with Crippen LogP contribution in [-0.4, -0.2) is 20.4 Å². The van der Waals surface area contributed by atoms with Gasteiger partial charge in [-0.05, 0) is 11.6 Å². The Bertz CT molecular complexity index is 444. The summed E-state index contributed by atoms with van der Waals surface area (Å²) in [4.78, 5) is 0. The molecule has 2 aromatic rings. The maximum absolute atomic E-state index is 5.64. The zero-order valence-corrected chi connectivity index (χ0v) is 9.77. The maximum atomic E-state index is 5.64. The minimum Gasteiger partial charge on any atom is -0.415 e. The van der Waals surface area contributed by atoms with Gasteiger partial charge in [-0.1, -0.05) is 23.1 Å². The van der Waals surface area contributed by atoms with Crippen LogP contribution >= 0.6 is 34.7 Å². The highest BCUT2D eigenvalue weighted by Crippen LogP contribution is 2.24. The molecule has 2 heterocycles. The molecule has 0 radical (unpaired) electrons. The van der Waals surface area contributed by atoms with Crippen molar-refractivity contribution < 1.29 is 4.42 Å². The zero-order valence-electron chi connectivity index (χ0n) is 7.38. The van der Waals surface area contributed by atoms with Gasteiger partial charge >= 0.3 is 0 Å². The molecule has 15 heavy (non-hydrogen) atoms. The number of aromatic nitrogens is 4. The molecule has 0 aliphatic rings. The molecule has 0 aliphatic carbocycles. The largest absolute Gasteiger partial charge is 0.415 e. The van der Waals surface area contributed by atoms with Crippen LogP contribution in [0.15, 0.2) is 9.64 Å². The number of thioether (sulfide) groups is 1. The van der Waals surface area contributed by atoms with Gasteiger partial charge in [0.05, 0.1) is 12.3 Å². The highest BCUT2D eigenvalue weighted by atomic mass is 35.5. The molecule has 0 bridgehead atoms. The first kappa shape index (κ1) is 10.8. The second-order valence-electron chi connectivity index (χ2n) is 2.40. The van der Waals surface area contributed by atoms with Gasteiger partial charge in [-0.3, -0.25) is 0 Å². The van der Waals surface area contributed by atoms with Gasteiger partial charge in [-0.15, -0.1) is 20.4 Å². The Morgan fingerprint density at radius 2 is 2.20 bits per heavy atom. The number of rotatable bonds is 4. The summed E-state index contributed by atoms with van der Waals surface area (Å²) >= 11 is 8.34. The predicted octanol–water partition coefficient (Wildman–Crippen LogP) is 1.33. The summed E-state index contributed by atoms with van der Waals surface area (Å²) in [5.41, 5.74) is 5.33. The molecule has 2 aromatic heterocycles. The van der Waals surface area contributed by atoms with Crippen molar-refractivity contribution in [3.8, 4) is 0 Å². The molecule has 0 aliphatic heterocycles. The number of nitrogens with zero attached hydrogens (tertiary/aromatic N) is 4. The lowest BCUT2D eigenvalue weighted by molar-refractivity contribution is 0.414. The van der Waals surface area contributed by atoms with Crippen molar-refractivity contribution in [2.45, 2.75) is 17.5 Å². The maximum Gasteiger partial charge on any atom is 0.277 e. The molecule has 0 unspecified atom stereocenters. The molecule has 0 saturated heterocycles. The summed E-state index contributed by atoms with van der Waals surface area (Å²) < 4.78 is 5.63. The molecule has 6 nitrogen and oxygen atoms in total. The Morgan fingerprint density at radius 1 is 1.33 bits per heavy atom. The van der Waals surface area contributed by atoms with Crippen LogP contribution in [0.3, 0.4) is 0 Å². The lowest BCUT2D eigenvalue weighted by Crippen LogP contribution is -1.95. The van der Waals surface area contributed by atoms with E-state index >= 15 is 0 Å². The SMILES string of the molecule is NCc1nnc(SCc2nnc(Cl)s2)o1. The van der Waals surface area contributed by atoms with Crippen molar-refractivity contribution in [1.29, 1.82) is 0 Å². The van der Waals surface area contributed by atoms with Gasteiger partial charge in [-0.25, -0.2) is 0 Å². The van der Waals surface area contributed by atoms with E-state index in [1.165, 1.54) is 23.1 Å². The third kappa shape index (κ3) is 2.88. The first-order valence-electron chi connectivity index (χ1n) is 3.91. The molecule has 80 valence electrons. The van der Waals surface area contributed by atoms with E-state index in [2.05, 4.69) is 20.4 Å². The normalized spacial score (nSPS) is 10.8. The van der Waals surface area contributed by atoms with E-state index in [1.807, 2.05) is 0 Å². The molecule has 0 spiro atoms. The second kappa shape index (κ2) is 4.88. The third-order valence-corrected chi connectivity index (χ3v) is 3.42. The van der Waals surface area contributed by atoms with Gasteiger partial charge in [0.2, 0.25) is 10.4 Å². The van der Waals surface area contributed by atoms with Crippen LogP contribution in [0.1, 0.15) is 10.9 Å². The van der Waals surface area contributed by atoms with Gasteiger partial charge in [0.25, 0.3) is 5.22 Å². The summed E-state index contributed by atoms with van der Waals surface area (Å²) in [6.45, 7) is 0.248. The molecular formula is C6H6ClN5OS2. The molecule has 0 saturated carbocycles. The minimum absolute atomic E-state index is 0.248. The number of hydrogen-bond acceptors (Lipinski definition) is 8. The van der Waals surface area contributed by atoms with E-state index in [1.54, 1.807) is 0 Å². The van der Waals surface area contributed by atoms with Gasteiger partial charge in [0.15, 0.2) is 0 Å². The fourth-order valence-corrected chi connectivity index (χ4v) is 2.43. The van der Waals surface area contributed by atoms with Crippen molar-refractivity contribution in [2.75, 3.05) is 0 Å². The molecule has 2 N–H and O–H groups in total. The summed E-state index contributed by atoms with van der Waals surface area (Å²) in [5, 5.41) is 16.4. The van der Waals surface area contributed by atoms with Gasteiger partial charge in [0, 0.05) is 0 Å². The Balaban J connectivity index is 1.93. The van der Waals surface area contributed by atoms with E-state index in [9.17, 15) is 0 Å². The van der Waals surface area contributed by atoms with Crippen LogP contribution < -0.4 is 5.73 Å². The minimum atomic E-state index is 0.248. The highest BCUT2D eigenvalue weighted by Gasteiger charge is 2.08. The van der Waals surface area contributed by atoms with Gasteiger partial charge in [0.1, 0.15) is 5.01 Å². The third-order valence-electron chi connectivity index (χ3n) is 1.38. The second-order valence-corrected chi connectivity index (χ2v) is 4.97. The van der Waals surface area contributed by atoms with Crippen LogP contribution in [0, 0.1) is 0 Å². The first-order valence-corrected chi connectivity index (χ1v) is 6.09. The average molecular weight is 264 g/mol. The summed E-state index contributed by atoms with van der Waals surface area (Å²) in [7, 11) is 0. The van der Waals surface area contributed by atoms with Gasteiger partial charge in [-0.2, -0.15) is 0 Å². The van der Waals surface area contributed by atoms with Crippen molar-refractivity contribution in [1.82, 2.24) is 20.4 Å². The quantitative estimate of drug-likeness (QED) is 0.832. The fourth-order valence-electron chi connectivity index (χ4n) is 0.794. The first-order chi connectivity index (χ1) is 7.28. The van der Waals surface area contributed by atoms with Crippen LogP contribution in [-0.2, 0) is 12.3 Å². The number of nitrogens with two attached hydrogens (primary N) is 1. The molecule has 2 rings (SSSR count). The lowest BCUT2D eigenvalue weighted by Gasteiger charge is -1.89. The molecule has 0 fully saturated rings. The fraction of sp³-hybridized carbons (Fsp3) is 0.333. The Morgan fingerprint density at radius 3 is 2.80 bits per heavy atom. The topological polar surface area (TPSA) is 90.7 Å². The molecule has 0 atom stereocenters. The Hall–Kier alpha value is -0.700. The van der Waals surface area contributed by atoms with E-state index < -0.39 is 0 Å². The number of hydrogen-bond donors (Lipinski definition) is 1. The van der Waals surface area contributed by atoms with Crippen molar-refractivity contribution in [3.05, 3.63) is 15.4 Å². The van der Waals surface area contributed by atoms with E-state index in [0.29, 0.717) is 21.3 Å². The molecule has 0 amide bonds. The summed E-state index contributed by atoms with van der Waals surface area (Å²) in [6.07, 6.45) is 0. The molecular weight excluding hydrogens is 258 g/mol. The summed E-state index contributed by atoms with van der Waals surface area (Å²) in [6, 6.07) is 0. The zero-order chi connectivity index (χ0) is 10.7. The Kier molecular flexibility index (Phi) is 3.52. The van der Waals surface area contributed by atoms with E-state index in [4.69, 9.17) is 21.8 Å². The highest BCUT2D eigenvalue weighted by molar-refractivity contribution is 7.98. The van der Waals surface area contributed by atoms with E-state index in [0.717, 1.165) is 5.01 Å². The Labute approximate surface area is 98.2 Å². The average Bonchev–Trinajstić information content (AvgIpc) is 2.83. The van der Waals surface area contributed by atoms with E-state index in [-0.39, 0.29) is 6.54 Å². The smallest absolute Gasteiger partial charge is 0.277 e. The monoisotopic (exact) mass is 263 g/mol. The van der Waals surface area contributed by atoms with Gasteiger partial charge < -0.3 is 10.2 Å². The lowest BCUT2D eigenvalue weighted by atomic mass is 10.7. The van der Waals surface area contributed by atoms with Crippen LogP contribution in [0.2, 0.25) is 4.47 Å². The van der Waals surface area contributed by atoms with Crippen molar-refractivity contribution >= 4 is 34.7 Å². The number of halogens is 1. The summed E-state index contributed by atoms with van der Waals surface area (Å²) in [5.74, 6) is 1.03. The van der Waals surface area contributed by atoms with Crippen LogP contribution in [0.5, 0.6) is 0 Å². The predicted molar refractivity (Wildman–Crippen MR) is 56.7 cm³/mol. The standard InChI is InChI=1S/C6H6ClN5OS2/c7-5-11-10-4(15-5)2-14-6-12-9-3(1-8)13-6/h1-2,8H2. The molecule has 0 aromatic carbocycles. The van der Waals surface area contributed by atoms with Crippen molar-refractivity contribution in [3.63, 3.8) is 0 Å². The van der Waals surface area contributed by atoms with Crippen LogP contribution in [0.4, 0.5) is 0 Å².